The van der Waals surface area contributed by atoms with Crippen LogP contribution in [0.3, 0.4) is 0 Å². The zero-order valence-electron chi connectivity index (χ0n) is 13.0. The summed E-state index contributed by atoms with van der Waals surface area (Å²) in [5, 5.41) is 4.59. The highest BCUT2D eigenvalue weighted by Crippen LogP contribution is 2.16. The minimum atomic E-state index is 0.481. The van der Waals surface area contributed by atoms with Gasteiger partial charge in [-0.2, -0.15) is 5.10 Å². The van der Waals surface area contributed by atoms with Crippen molar-refractivity contribution < 1.29 is 4.74 Å². The summed E-state index contributed by atoms with van der Waals surface area (Å²) in [6, 6.07) is 10.6. The summed E-state index contributed by atoms with van der Waals surface area (Å²) in [6.45, 7) is 5.56. The van der Waals surface area contributed by atoms with Crippen molar-refractivity contribution in [3.8, 4) is 5.75 Å². The Balaban J connectivity index is 1.90. The fraction of sp³-hybridized carbons (Fsp3) is 0.471. The Morgan fingerprint density at radius 3 is 2.48 bits per heavy atom. The number of nitrogens with two attached hydrogens (primary N) is 1. The van der Waals surface area contributed by atoms with Crippen LogP contribution in [-0.2, 0) is 13.0 Å². The van der Waals surface area contributed by atoms with Gasteiger partial charge < -0.3 is 10.5 Å². The average molecular weight is 287 g/mol. The molecule has 1 aromatic heterocycles. The summed E-state index contributed by atoms with van der Waals surface area (Å²) in [5.74, 6) is 0.868. The van der Waals surface area contributed by atoms with Gasteiger partial charge in [0.25, 0.3) is 0 Å². The van der Waals surface area contributed by atoms with Crippen LogP contribution in [0.4, 0.5) is 0 Å². The van der Waals surface area contributed by atoms with Crippen molar-refractivity contribution in [1.29, 1.82) is 0 Å². The van der Waals surface area contributed by atoms with Gasteiger partial charge in [0, 0.05) is 6.20 Å². The molecular formula is C17H25N3O. The van der Waals surface area contributed by atoms with Gasteiger partial charge in [-0.3, -0.25) is 4.68 Å². The summed E-state index contributed by atoms with van der Waals surface area (Å²) in [5.41, 5.74) is 7.75. The van der Waals surface area contributed by atoms with Crippen LogP contribution in [0.1, 0.15) is 44.0 Å². The van der Waals surface area contributed by atoms with E-state index >= 15 is 0 Å². The monoisotopic (exact) mass is 287 g/mol. The SMILES string of the molecule is CCC(CC)n1ccc(COc2ccc(CCN)cc2)n1. The Labute approximate surface area is 126 Å². The molecule has 0 amide bonds. The molecule has 0 aliphatic carbocycles. The van der Waals surface area contributed by atoms with E-state index in [1.165, 1.54) is 5.56 Å². The molecule has 21 heavy (non-hydrogen) atoms. The Hall–Kier alpha value is -1.81. The molecule has 0 atom stereocenters. The molecule has 1 heterocycles. The topological polar surface area (TPSA) is 53.1 Å². The first-order chi connectivity index (χ1) is 10.3. The van der Waals surface area contributed by atoms with Crippen LogP contribution in [-0.4, -0.2) is 16.3 Å². The lowest BCUT2D eigenvalue weighted by atomic mass is 10.1. The van der Waals surface area contributed by atoms with E-state index in [0.29, 0.717) is 19.2 Å². The number of nitrogens with zero attached hydrogens (tertiary/aromatic N) is 2. The number of ether oxygens (including phenoxy) is 1. The van der Waals surface area contributed by atoms with Crippen LogP contribution in [0.15, 0.2) is 36.5 Å². The summed E-state index contributed by atoms with van der Waals surface area (Å²) >= 11 is 0. The molecule has 0 aliphatic heterocycles. The largest absolute Gasteiger partial charge is 0.487 e. The molecule has 0 fully saturated rings. The normalized spacial score (nSPS) is 11.0. The highest BCUT2D eigenvalue weighted by atomic mass is 16.5. The molecule has 2 aromatic rings. The lowest BCUT2D eigenvalue weighted by molar-refractivity contribution is 0.297. The van der Waals surface area contributed by atoms with Crippen LogP contribution in [0, 0.1) is 0 Å². The third kappa shape index (κ3) is 4.33. The molecule has 0 aliphatic rings. The Morgan fingerprint density at radius 2 is 1.86 bits per heavy atom. The van der Waals surface area contributed by atoms with Crippen LogP contribution in [0.5, 0.6) is 5.75 Å². The summed E-state index contributed by atoms with van der Waals surface area (Å²) in [7, 11) is 0. The summed E-state index contributed by atoms with van der Waals surface area (Å²) in [4.78, 5) is 0. The lowest BCUT2D eigenvalue weighted by Gasteiger charge is -2.12. The van der Waals surface area contributed by atoms with Crippen molar-refractivity contribution >= 4 is 0 Å². The lowest BCUT2D eigenvalue weighted by Crippen LogP contribution is -2.08. The van der Waals surface area contributed by atoms with Crippen molar-refractivity contribution in [3.63, 3.8) is 0 Å². The second-order valence-electron chi connectivity index (χ2n) is 5.23. The predicted octanol–water partition coefficient (Wildman–Crippen LogP) is 3.32. The third-order valence-corrected chi connectivity index (χ3v) is 3.72. The second-order valence-corrected chi connectivity index (χ2v) is 5.23. The van der Waals surface area contributed by atoms with Crippen molar-refractivity contribution in [2.24, 2.45) is 5.73 Å². The van der Waals surface area contributed by atoms with Gasteiger partial charge in [0.05, 0.1) is 11.7 Å². The Morgan fingerprint density at radius 1 is 1.14 bits per heavy atom. The number of rotatable bonds is 8. The van der Waals surface area contributed by atoms with Gasteiger partial charge in [0.15, 0.2) is 0 Å². The van der Waals surface area contributed by atoms with Crippen LogP contribution < -0.4 is 10.5 Å². The maximum atomic E-state index is 5.78. The Kier molecular flexibility index (Phi) is 5.81. The van der Waals surface area contributed by atoms with E-state index in [9.17, 15) is 0 Å². The number of hydrogen-bond donors (Lipinski definition) is 1. The molecule has 4 nitrogen and oxygen atoms in total. The minimum Gasteiger partial charge on any atom is -0.487 e. The maximum Gasteiger partial charge on any atom is 0.132 e. The molecule has 0 radical (unpaired) electrons. The van der Waals surface area contributed by atoms with E-state index in [4.69, 9.17) is 10.5 Å². The maximum absolute atomic E-state index is 5.78. The molecule has 4 heteroatoms. The molecule has 0 unspecified atom stereocenters. The third-order valence-electron chi connectivity index (χ3n) is 3.72. The fourth-order valence-corrected chi connectivity index (χ4v) is 2.40. The standard InChI is InChI=1S/C17H25N3O/c1-3-16(4-2)20-12-10-15(19-20)13-21-17-7-5-14(6-8-17)9-11-18/h5-8,10,12,16H,3-4,9,11,13,18H2,1-2H3. The number of benzene rings is 1. The van der Waals surface area contributed by atoms with Gasteiger partial charge >= 0.3 is 0 Å². The fourth-order valence-electron chi connectivity index (χ4n) is 2.40. The first kappa shape index (κ1) is 15.6. The van der Waals surface area contributed by atoms with E-state index in [2.05, 4.69) is 31.1 Å². The van der Waals surface area contributed by atoms with Crippen LogP contribution >= 0.6 is 0 Å². The molecular weight excluding hydrogens is 262 g/mol. The molecule has 2 N–H and O–H groups in total. The zero-order chi connectivity index (χ0) is 15.1. The summed E-state index contributed by atoms with van der Waals surface area (Å²) in [6.07, 6.45) is 5.14. The van der Waals surface area contributed by atoms with Crippen LogP contribution in [0.25, 0.3) is 0 Å². The van der Waals surface area contributed by atoms with Gasteiger partial charge in [0.1, 0.15) is 12.4 Å². The zero-order valence-corrected chi connectivity index (χ0v) is 13.0. The van der Waals surface area contributed by atoms with Crippen molar-refractivity contribution in [1.82, 2.24) is 9.78 Å². The van der Waals surface area contributed by atoms with E-state index in [1.54, 1.807) is 0 Å². The Bertz CT molecular complexity index is 529. The highest BCUT2D eigenvalue weighted by Gasteiger charge is 2.08. The van der Waals surface area contributed by atoms with Gasteiger partial charge in [-0.15, -0.1) is 0 Å². The predicted molar refractivity (Wildman–Crippen MR) is 85.4 cm³/mol. The highest BCUT2D eigenvalue weighted by molar-refractivity contribution is 5.27. The van der Waals surface area contributed by atoms with Crippen molar-refractivity contribution in [2.45, 2.75) is 45.8 Å². The van der Waals surface area contributed by atoms with Gasteiger partial charge in [-0.25, -0.2) is 0 Å². The van der Waals surface area contributed by atoms with E-state index in [-0.39, 0.29) is 0 Å². The van der Waals surface area contributed by atoms with Crippen molar-refractivity contribution in [2.75, 3.05) is 6.54 Å². The van der Waals surface area contributed by atoms with Crippen molar-refractivity contribution in [3.05, 3.63) is 47.8 Å². The van der Waals surface area contributed by atoms with E-state index in [1.807, 2.05) is 29.1 Å². The molecule has 114 valence electrons. The molecule has 0 spiro atoms. The average Bonchev–Trinajstić information content (AvgIpc) is 2.97. The molecule has 0 bridgehead atoms. The molecule has 0 saturated heterocycles. The van der Waals surface area contributed by atoms with Gasteiger partial charge in [-0.1, -0.05) is 26.0 Å². The van der Waals surface area contributed by atoms with E-state index < -0.39 is 0 Å². The second kappa shape index (κ2) is 7.84. The minimum absolute atomic E-state index is 0.481. The first-order valence-electron chi connectivity index (χ1n) is 7.72. The van der Waals surface area contributed by atoms with Gasteiger partial charge in [0.2, 0.25) is 0 Å². The first-order valence-corrected chi connectivity index (χ1v) is 7.72. The molecule has 2 rings (SSSR count). The van der Waals surface area contributed by atoms with E-state index in [0.717, 1.165) is 30.7 Å². The van der Waals surface area contributed by atoms with Gasteiger partial charge in [-0.05, 0) is 49.6 Å². The molecule has 0 saturated carbocycles. The smallest absolute Gasteiger partial charge is 0.132 e. The number of aromatic nitrogens is 2. The van der Waals surface area contributed by atoms with Crippen LogP contribution in [0.2, 0.25) is 0 Å². The number of hydrogen-bond acceptors (Lipinski definition) is 3. The molecule has 1 aromatic carbocycles. The quantitative estimate of drug-likeness (QED) is 0.810. The summed E-state index contributed by atoms with van der Waals surface area (Å²) < 4.78 is 7.82.